The Hall–Kier alpha value is -2.79. The van der Waals surface area contributed by atoms with Gasteiger partial charge in [0.2, 0.25) is 0 Å². The maximum atomic E-state index is 12.5. The third kappa shape index (κ3) is 3.16. The van der Waals surface area contributed by atoms with Crippen molar-refractivity contribution in [3.63, 3.8) is 0 Å². The van der Waals surface area contributed by atoms with Gasteiger partial charge < -0.3 is 14.8 Å². The van der Waals surface area contributed by atoms with Crippen LogP contribution in [0.3, 0.4) is 0 Å². The minimum absolute atomic E-state index is 0. The molecule has 0 amide bonds. The Morgan fingerprint density at radius 1 is 1.07 bits per heavy atom. The summed E-state index contributed by atoms with van der Waals surface area (Å²) in [6.45, 7) is 3.88. The number of aromatic amines is 1. The molecule has 0 saturated heterocycles. The molecule has 0 spiro atoms. The van der Waals surface area contributed by atoms with Gasteiger partial charge in [-0.05, 0) is 41.8 Å². The number of hydrogen-bond donors (Lipinski definition) is 3. The van der Waals surface area contributed by atoms with Crippen LogP contribution in [0.2, 0.25) is 0 Å². The third-order valence-electron chi connectivity index (χ3n) is 4.81. The average molecular weight is 548 g/mol. The van der Waals surface area contributed by atoms with Crippen molar-refractivity contribution in [1.29, 1.82) is 0 Å². The first-order valence-electron chi connectivity index (χ1n) is 8.66. The molecule has 0 radical (unpaired) electrons. The molecule has 0 aliphatic heterocycles. The molecule has 0 aliphatic carbocycles. The fourth-order valence-electron chi connectivity index (χ4n) is 3.36. The summed E-state index contributed by atoms with van der Waals surface area (Å²) in [5, 5.41) is 28.0. The summed E-state index contributed by atoms with van der Waals surface area (Å²) in [4.78, 5) is 12.5. The zero-order valence-corrected chi connectivity index (χ0v) is 18.6. The van der Waals surface area contributed by atoms with Gasteiger partial charge in [0.15, 0.2) is 5.82 Å². The SMILES string of the molecule is CC(C)c1cc(-c2n[nH]c(=O)n2-c2ccc3c(ccn3C)c2)c(O)cc1O.[W]. The molecule has 0 saturated carbocycles. The molecule has 0 aliphatic rings. The van der Waals surface area contributed by atoms with Crippen molar-refractivity contribution in [3.05, 3.63) is 58.6 Å². The fraction of sp³-hybridized carbons (Fsp3) is 0.200. The van der Waals surface area contributed by atoms with E-state index in [0.717, 1.165) is 10.9 Å². The van der Waals surface area contributed by atoms with E-state index in [-0.39, 0.29) is 44.3 Å². The Bertz CT molecular complexity index is 1220. The van der Waals surface area contributed by atoms with E-state index in [1.807, 2.05) is 55.9 Å². The largest absolute Gasteiger partial charge is 0.508 e. The van der Waals surface area contributed by atoms with E-state index in [2.05, 4.69) is 10.2 Å². The molecule has 0 fully saturated rings. The van der Waals surface area contributed by atoms with Gasteiger partial charge in [0.1, 0.15) is 11.5 Å². The zero-order chi connectivity index (χ0) is 19.3. The monoisotopic (exact) mass is 548 g/mol. The van der Waals surface area contributed by atoms with E-state index >= 15 is 0 Å². The number of phenolic OH excluding ortho intramolecular Hbond substituents is 2. The molecule has 0 atom stereocenters. The molecule has 4 rings (SSSR count). The van der Waals surface area contributed by atoms with E-state index < -0.39 is 5.69 Å². The molecule has 0 bridgehead atoms. The summed E-state index contributed by atoms with van der Waals surface area (Å²) in [6.07, 6.45) is 1.95. The Balaban J connectivity index is 0.00000225. The summed E-state index contributed by atoms with van der Waals surface area (Å²) in [5.41, 5.74) is 2.33. The molecule has 7 nitrogen and oxygen atoms in total. The smallest absolute Gasteiger partial charge is 0.348 e. The molecule has 0 unspecified atom stereocenters. The molecule has 2 aromatic carbocycles. The van der Waals surface area contributed by atoms with E-state index in [4.69, 9.17) is 0 Å². The van der Waals surface area contributed by atoms with Crippen molar-refractivity contribution in [2.24, 2.45) is 7.05 Å². The molecule has 2 aromatic heterocycles. The number of phenols is 2. The second-order valence-electron chi connectivity index (χ2n) is 6.94. The molecule has 8 heteroatoms. The predicted molar refractivity (Wildman–Crippen MR) is 104 cm³/mol. The normalized spacial score (nSPS) is 11.1. The topological polar surface area (TPSA) is 96.1 Å². The van der Waals surface area contributed by atoms with Gasteiger partial charge in [0.05, 0.1) is 11.3 Å². The second kappa shape index (κ2) is 7.32. The predicted octanol–water partition coefficient (Wildman–Crippen LogP) is 3.25. The number of H-pyrrole nitrogens is 1. The fourth-order valence-corrected chi connectivity index (χ4v) is 3.36. The van der Waals surface area contributed by atoms with Gasteiger partial charge in [-0.25, -0.2) is 14.5 Å². The number of rotatable bonds is 3. The summed E-state index contributed by atoms with van der Waals surface area (Å²) in [7, 11) is 1.96. The second-order valence-corrected chi connectivity index (χ2v) is 6.94. The maximum absolute atomic E-state index is 12.5. The standard InChI is InChI=1S/C20H20N4O3.W/c1-11(2)14-9-15(18(26)10-17(14)25)19-21-22-20(27)24(19)13-4-5-16-12(8-13)6-7-23(16)3;/h4-11,25-26H,1-3H3,(H,22,27);. The zero-order valence-electron chi connectivity index (χ0n) is 15.7. The summed E-state index contributed by atoms with van der Waals surface area (Å²) in [5.74, 6) is 0.207. The molecule has 4 aromatic rings. The van der Waals surface area contributed by atoms with Crippen LogP contribution in [0.5, 0.6) is 11.5 Å². The van der Waals surface area contributed by atoms with Crippen molar-refractivity contribution in [3.8, 4) is 28.6 Å². The molecular weight excluding hydrogens is 528 g/mol. The van der Waals surface area contributed by atoms with Crippen LogP contribution in [-0.4, -0.2) is 29.5 Å². The number of nitrogens with zero attached hydrogens (tertiary/aromatic N) is 3. The Morgan fingerprint density at radius 3 is 2.54 bits per heavy atom. The van der Waals surface area contributed by atoms with Gasteiger partial charge in [0, 0.05) is 51.3 Å². The van der Waals surface area contributed by atoms with Crippen molar-refractivity contribution in [1.82, 2.24) is 19.3 Å². The van der Waals surface area contributed by atoms with Crippen LogP contribution in [0.25, 0.3) is 28.0 Å². The number of aryl methyl sites for hydroxylation is 1. The first-order chi connectivity index (χ1) is 12.9. The van der Waals surface area contributed by atoms with Gasteiger partial charge in [-0.3, -0.25) is 0 Å². The van der Waals surface area contributed by atoms with Crippen LogP contribution >= 0.6 is 0 Å². The van der Waals surface area contributed by atoms with Crippen LogP contribution in [0, 0.1) is 0 Å². The summed E-state index contributed by atoms with van der Waals surface area (Å²) < 4.78 is 3.42. The summed E-state index contributed by atoms with van der Waals surface area (Å²) >= 11 is 0. The van der Waals surface area contributed by atoms with E-state index in [1.54, 1.807) is 6.07 Å². The average Bonchev–Trinajstić information content (AvgIpc) is 3.17. The van der Waals surface area contributed by atoms with Crippen molar-refractivity contribution < 1.29 is 31.3 Å². The minimum atomic E-state index is -0.404. The Morgan fingerprint density at radius 2 is 1.82 bits per heavy atom. The van der Waals surface area contributed by atoms with Gasteiger partial charge in [-0.2, -0.15) is 5.10 Å². The van der Waals surface area contributed by atoms with Crippen LogP contribution in [0.1, 0.15) is 25.3 Å². The minimum Gasteiger partial charge on any atom is -0.508 e. The van der Waals surface area contributed by atoms with Crippen molar-refractivity contribution >= 4 is 10.9 Å². The van der Waals surface area contributed by atoms with Crippen LogP contribution < -0.4 is 5.69 Å². The Kier molecular flexibility index (Phi) is 5.22. The molecule has 3 N–H and O–H groups in total. The Labute approximate surface area is 175 Å². The number of aromatic nitrogens is 4. The van der Waals surface area contributed by atoms with Crippen LogP contribution in [-0.2, 0) is 28.1 Å². The van der Waals surface area contributed by atoms with Gasteiger partial charge >= 0.3 is 5.69 Å². The van der Waals surface area contributed by atoms with E-state index in [9.17, 15) is 15.0 Å². The number of benzene rings is 2. The molecular formula is C20H20N4O3W. The first kappa shape index (κ1) is 20.0. The number of aromatic hydroxyl groups is 2. The molecule has 144 valence electrons. The van der Waals surface area contributed by atoms with Gasteiger partial charge in [-0.15, -0.1) is 0 Å². The number of nitrogens with one attached hydrogen (secondary N) is 1. The quantitative estimate of drug-likeness (QED) is 0.367. The first-order valence-corrected chi connectivity index (χ1v) is 8.66. The third-order valence-corrected chi connectivity index (χ3v) is 4.81. The van der Waals surface area contributed by atoms with Gasteiger partial charge in [0.25, 0.3) is 0 Å². The van der Waals surface area contributed by atoms with E-state index in [1.165, 1.54) is 10.6 Å². The van der Waals surface area contributed by atoms with Crippen LogP contribution in [0.4, 0.5) is 0 Å². The summed E-state index contributed by atoms with van der Waals surface area (Å²) in [6, 6.07) is 10.6. The number of hydrogen-bond acceptors (Lipinski definition) is 4. The van der Waals surface area contributed by atoms with Crippen molar-refractivity contribution in [2.75, 3.05) is 0 Å². The maximum Gasteiger partial charge on any atom is 0.348 e. The number of fused-ring (bicyclic) bond motifs is 1. The van der Waals surface area contributed by atoms with Crippen LogP contribution in [0.15, 0.2) is 47.4 Å². The van der Waals surface area contributed by atoms with Crippen molar-refractivity contribution in [2.45, 2.75) is 19.8 Å². The van der Waals surface area contributed by atoms with Gasteiger partial charge in [-0.1, -0.05) is 13.8 Å². The van der Waals surface area contributed by atoms with E-state index in [0.29, 0.717) is 16.8 Å². The molecule has 2 heterocycles. The molecule has 28 heavy (non-hydrogen) atoms.